The van der Waals surface area contributed by atoms with Gasteiger partial charge >= 0.3 is 0 Å². The lowest BCUT2D eigenvalue weighted by atomic mass is 9.99. The first kappa shape index (κ1) is 39.5. The maximum Gasteiger partial charge on any atom is 0.0894 e. The van der Waals surface area contributed by atoms with E-state index in [0.29, 0.717) is 35.3 Å². The largest absolute Gasteiger partial charge is 0.369 e. The summed E-state index contributed by atoms with van der Waals surface area (Å²) in [6.45, 7) is 10.6. The minimum atomic E-state index is 0.120. The first-order valence-electron chi connectivity index (χ1n) is 16.8. The smallest absolute Gasteiger partial charge is 0.0894 e. The molecule has 0 aromatic heterocycles. The lowest BCUT2D eigenvalue weighted by Crippen LogP contribution is -2.47. The average Bonchev–Trinajstić information content (AvgIpc) is 3.09. The van der Waals surface area contributed by atoms with Crippen LogP contribution in [0.5, 0.6) is 0 Å². The molecule has 1 saturated heterocycles. The molecule has 264 valence electrons. The van der Waals surface area contributed by atoms with Gasteiger partial charge in [-0.15, -0.1) is 69.6 Å². The Hall–Kier alpha value is -1.28. The van der Waals surface area contributed by atoms with Gasteiger partial charge in [-0.05, 0) is 72.0 Å². The van der Waals surface area contributed by atoms with E-state index in [1.165, 1.54) is 22.3 Å². The van der Waals surface area contributed by atoms with Gasteiger partial charge in [0.25, 0.3) is 0 Å². The maximum atomic E-state index is 6.16. The van der Waals surface area contributed by atoms with Crippen LogP contribution in [0.3, 0.4) is 0 Å². The fourth-order valence-corrected chi connectivity index (χ4v) is 7.86. The zero-order chi connectivity index (χ0) is 34.3. The lowest BCUT2D eigenvalue weighted by molar-refractivity contribution is -0.00944. The molecular formula is C37H49Cl6N5. The van der Waals surface area contributed by atoms with Gasteiger partial charge < -0.3 is 14.7 Å². The Morgan fingerprint density at radius 3 is 1.23 bits per heavy atom. The van der Waals surface area contributed by atoms with Gasteiger partial charge in [0.15, 0.2) is 0 Å². The number of anilines is 3. The predicted molar refractivity (Wildman–Crippen MR) is 213 cm³/mol. The van der Waals surface area contributed by atoms with Crippen LogP contribution in [0.15, 0.2) is 66.7 Å². The number of benzene rings is 3. The van der Waals surface area contributed by atoms with Gasteiger partial charge in [-0.25, -0.2) is 0 Å². The summed E-state index contributed by atoms with van der Waals surface area (Å²) < 4.78 is 0. The second-order valence-electron chi connectivity index (χ2n) is 12.1. The third-order valence-corrected chi connectivity index (χ3v) is 9.99. The second kappa shape index (κ2) is 21.2. The number of alkyl halides is 6. The molecule has 11 heteroatoms. The van der Waals surface area contributed by atoms with E-state index in [0.717, 1.165) is 88.9 Å². The normalized spacial score (nSPS) is 14.4. The van der Waals surface area contributed by atoms with E-state index < -0.39 is 0 Å². The van der Waals surface area contributed by atoms with Crippen molar-refractivity contribution < 1.29 is 0 Å². The Bertz CT molecular complexity index is 1260. The van der Waals surface area contributed by atoms with E-state index in [9.17, 15) is 0 Å². The van der Waals surface area contributed by atoms with Crippen LogP contribution in [0.25, 0.3) is 0 Å². The van der Waals surface area contributed by atoms with Gasteiger partial charge in [0.1, 0.15) is 0 Å². The Morgan fingerprint density at radius 1 is 0.521 bits per heavy atom. The van der Waals surface area contributed by atoms with E-state index in [4.69, 9.17) is 69.6 Å². The molecule has 0 atom stereocenters. The van der Waals surface area contributed by atoms with Crippen molar-refractivity contribution >= 4 is 86.7 Å². The molecule has 1 aliphatic heterocycles. The van der Waals surface area contributed by atoms with Crippen molar-refractivity contribution in [2.24, 2.45) is 0 Å². The number of nitrogens with zero attached hydrogens (tertiary/aromatic N) is 5. The SMILES string of the molecule is Cc1cc(N(CCCl)CCCl)ccc1C1N(Cc2ccc(N(CCCl)CCCl)cc2)CCCN1Cc1ccc(N(CCCl)CCCl)cc1. The highest BCUT2D eigenvalue weighted by Crippen LogP contribution is 2.36. The Balaban J connectivity index is 1.63. The van der Waals surface area contributed by atoms with Crippen LogP contribution in [0.1, 0.15) is 34.8 Å². The summed E-state index contributed by atoms with van der Waals surface area (Å²) >= 11 is 36.6. The van der Waals surface area contributed by atoms with Crippen LogP contribution in [-0.4, -0.2) is 97.4 Å². The summed E-state index contributed by atoms with van der Waals surface area (Å²) in [5.74, 6) is 3.40. The minimum absolute atomic E-state index is 0.120. The number of hydrogen-bond donors (Lipinski definition) is 0. The van der Waals surface area contributed by atoms with E-state index >= 15 is 0 Å². The Kier molecular flexibility index (Phi) is 17.4. The van der Waals surface area contributed by atoms with E-state index in [1.54, 1.807) is 0 Å². The number of hydrogen-bond acceptors (Lipinski definition) is 5. The molecule has 5 nitrogen and oxygen atoms in total. The monoisotopic (exact) mass is 773 g/mol. The summed E-state index contributed by atoms with van der Waals surface area (Å²) in [4.78, 5) is 12.0. The molecule has 0 amide bonds. The zero-order valence-corrected chi connectivity index (χ0v) is 32.5. The van der Waals surface area contributed by atoms with Crippen molar-refractivity contribution in [1.82, 2.24) is 9.80 Å². The van der Waals surface area contributed by atoms with Crippen molar-refractivity contribution in [2.75, 3.05) is 102 Å². The minimum Gasteiger partial charge on any atom is -0.369 e. The van der Waals surface area contributed by atoms with Gasteiger partial charge in [-0.2, -0.15) is 0 Å². The van der Waals surface area contributed by atoms with Crippen molar-refractivity contribution in [3.05, 3.63) is 89.0 Å². The topological polar surface area (TPSA) is 16.2 Å². The lowest BCUT2D eigenvalue weighted by Gasteiger charge is -2.45. The first-order valence-corrected chi connectivity index (χ1v) is 20.0. The maximum absolute atomic E-state index is 6.16. The van der Waals surface area contributed by atoms with Crippen LogP contribution in [0.2, 0.25) is 0 Å². The van der Waals surface area contributed by atoms with Gasteiger partial charge in [0.05, 0.1) is 6.17 Å². The standard InChI is InChI=1S/C37H49Cl6N5/c1-30-27-35(46(25-17-42)26-18-43)11-12-36(30)37-47(28-31-3-7-33(8-4-31)44(21-13-38)22-14-39)19-2-20-48(37)29-32-5-9-34(10-6-32)45(23-15-40)24-16-41/h3-12,27,37H,2,13-26,28-29H2,1H3. The quantitative estimate of drug-likeness (QED) is 0.106. The summed E-state index contributed by atoms with van der Waals surface area (Å²) in [5, 5.41) is 0. The molecule has 3 aromatic rings. The van der Waals surface area contributed by atoms with Crippen LogP contribution in [0.4, 0.5) is 17.1 Å². The molecule has 4 rings (SSSR count). The fraction of sp³-hybridized carbons (Fsp3) is 0.514. The first-order chi connectivity index (χ1) is 23.5. The van der Waals surface area contributed by atoms with Crippen molar-refractivity contribution in [3.8, 4) is 0 Å². The molecule has 0 spiro atoms. The highest BCUT2D eigenvalue weighted by Gasteiger charge is 2.32. The van der Waals surface area contributed by atoms with E-state index in [2.05, 4.69) is 98.2 Å². The van der Waals surface area contributed by atoms with E-state index in [-0.39, 0.29) is 6.17 Å². The average molecular weight is 777 g/mol. The summed E-state index contributed by atoms with van der Waals surface area (Å²) in [6, 6.07) is 24.7. The molecule has 0 aliphatic carbocycles. The van der Waals surface area contributed by atoms with Gasteiger partial charge in [-0.3, -0.25) is 9.80 Å². The van der Waals surface area contributed by atoms with E-state index in [1.807, 2.05) is 0 Å². The molecule has 1 heterocycles. The molecule has 0 radical (unpaired) electrons. The molecule has 0 saturated carbocycles. The Morgan fingerprint density at radius 2 is 0.875 bits per heavy atom. The molecule has 0 unspecified atom stereocenters. The molecule has 0 bridgehead atoms. The van der Waals surface area contributed by atoms with Gasteiger partial charge in [0.2, 0.25) is 0 Å². The van der Waals surface area contributed by atoms with Gasteiger partial charge in [-0.1, -0.05) is 30.3 Å². The van der Waals surface area contributed by atoms with Crippen LogP contribution < -0.4 is 14.7 Å². The third-order valence-electron chi connectivity index (χ3n) is 8.98. The predicted octanol–water partition coefficient (Wildman–Crippen LogP) is 9.25. The Labute approximate surface area is 318 Å². The summed E-state index contributed by atoms with van der Waals surface area (Å²) in [6.07, 6.45) is 1.22. The summed E-state index contributed by atoms with van der Waals surface area (Å²) in [7, 11) is 0. The molecule has 1 fully saturated rings. The third kappa shape index (κ3) is 11.1. The van der Waals surface area contributed by atoms with Crippen LogP contribution >= 0.6 is 69.6 Å². The molecule has 1 aliphatic rings. The highest BCUT2D eigenvalue weighted by molar-refractivity contribution is 6.19. The molecular weight excluding hydrogens is 727 g/mol. The zero-order valence-electron chi connectivity index (χ0n) is 28.0. The van der Waals surface area contributed by atoms with Crippen molar-refractivity contribution in [3.63, 3.8) is 0 Å². The number of halogens is 6. The second-order valence-corrected chi connectivity index (χ2v) is 14.4. The molecule has 3 aromatic carbocycles. The van der Waals surface area contributed by atoms with Gasteiger partial charge in [0, 0.05) is 118 Å². The number of rotatable bonds is 20. The van der Waals surface area contributed by atoms with Crippen LogP contribution in [0, 0.1) is 6.92 Å². The summed E-state index contributed by atoms with van der Waals surface area (Å²) in [5.41, 5.74) is 8.64. The van der Waals surface area contributed by atoms with Crippen molar-refractivity contribution in [2.45, 2.75) is 32.6 Å². The fourth-order valence-electron chi connectivity index (χ4n) is 6.64. The molecule has 0 N–H and O–H groups in total. The van der Waals surface area contributed by atoms with Crippen LogP contribution in [-0.2, 0) is 13.1 Å². The number of aryl methyl sites for hydroxylation is 1. The van der Waals surface area contributed by atoms with Crippen molar-refractivity contribution in [1.29, 1.82) is 0 Å². The molecule has 48 heavy (non-hydrogen) atoms. The highest BCUT2D eigenvalue weighted by atomic mass is 35.5.